The van der Waals surface area contributed by atoms with Gasteiger partial charge in [0.1, 0.15) is 11.5 Å². The van der Waals surface area contributed by atoms with Gasteiger partial charge in [0, 0.05) is 9.64 Å². The molecule has 3 nitrogen and oxygen atoms in total. The second kappa shape index (κ2) is 6.25. The van der Waals surface area contributed by atoms with E-state index < -0.39 is 0 Å². The van der Waals surface area contributed by atoms with Crippen molar-refractivity contribution < 1.29 is 9.47 Å². The van der Waals surface area contributed by atoms with Gasteiger partial charge < -0.3 is 15.2 Å². The van der Waals surface area contributed by atoms with Crippen LogP contribution >= 0.6 is 22.6 Å². The Labute approximate surface area is 126 Å². The third-order valence-electron chi connectivity index (χ3n) is 2.96. The second-order valence-corrected chi connectivity index (χ2v) is 5.42. The summed E-state index contributed by atoms with van der Waals surface area (Å²) in [5.41, 5.74) is 8.34. The molecule has 0 saturated heterocycles. The van der Waals surface area contributed by atoms with Gasteiger partial charge in [-0.3, -0.25) is 0 Å². The number of ether oxygens (including phenoxy) is 2. The van der Waals surface area contributed by atoms with Gasteiger partial charge in [-0.2, -0.15) is 0 Å². The smallest absolute Gasteiger partial charge is 0.122 e. The third kappa shape index (κ3) is 3.39. The van der Waals surface area contributed by atoms with Crippen LogP contribution < -0.4 is 15.2 Å². The van der Waals surface area contributed by atoms with E-state index in [0.717, 1.165) is 22.6 Å². The van der Waals surface area contributed by atoms with Crippen LogP contribution in [-0.2, 0) is 0 Å². The monoisotopic (exact) mass is 369 g/mol. The van der Waals surface area contributed by atoms with Crippen LogP contribution in [0.5, 0.6) is 11.5 Å². The van der Waals surface area contributed by atoms with Crippen molar-refractivity contribution in [2.24, 2.45) is 5.73 Å². The highest BCUT2D eigenvalue weighted by Crippen LogP contribution is 2.28. The number of nitrogens with two attached hydrogens (primary N) is 1. The van der Waals surface area contributed by atoms with Crippen molar-refractivity contribution in [2.45, 2.75) is 6.04 Å². The fourth-order valence-corrected chi connectivity index (χ4v) is 2.23. The summed E-state index contributed by atoms with van der Waals surface area (Å²) < 4.78 is 11.7. The summed E-state index contributed by atoms with van der Waals surface area (Å²) in [6, 6.07) is 13.7. The van der Waals surface area contributed by atoms with E-state index in [1.54, 1.807) is 14.2 Å². The van der Waals surface area contributed by atoms with Gasteiger partial charge in [0.15, 0.2) is 0 Å². The topological polar surface area (TPSA) is 44.5 Å². The fraction of sp³-hybridized carbons (Fsp3) is 0.200. The highest BCUT2D eigenvalue weighted by Gasteiger charge is 2.11. The molecular weight excluding hydrogens is 353 g/mol. The molecule has 0 heterocycles. The van der Waals surface area contributed by atoms with Gasteiger partial charge in [0.25, 0.3) is 0 Å². The Hall–Kier alpha value is -1.27. The molecule has 2 aromatic carbocycles. The molecule has 0 aliphatic heterocycles. The number of benzene rings is 2. The molecule has 1 unspecified atom stereocenters. The summed E-state index contributed by atoms with van der Waals surface area (Å²) in [5.74, 6) is 1.49. The summed E-state index contributed by atoms with van der Waals surface area (Å²) in [6.07, 6.45) is 0. The first kappa shape index (κ1) is 14.1. The van der Waals surface area contributed by atoms with Crippen LogP contribution in [0.4, 0.5) is 0 Å². The molecule has 1 atom stereocenters. The Morgan fingerprint density at radius 3 is 1.89 bits per heavy atom. The van der Waals surface area contributed by atoms with Crippen molar-refractivity contribution in [1.82, 2.24) is 0 Å². The van der Waals surface area contributed by atoms with E-state index in [-0.39, 0.29) is 6.04 Å². The Balaban J connectivity index is 2.37. The Bertz CT molecular complexity index is 532. The number of halogens is 1. The standard InChI is InChI=1S/C15H16INO2/c1-18-13-7-11(8-14(9-13)19-2)15(17)10-3-5-12(16)6-4-10/h3-9,15H,17H2,1-2H3. The molecule has 4 heteroatoms. The van der Waals surface area contributed by atoms with E-state index in [2.05, 4.69) is 22.6 Å². The van der Waals surface area contributed by atoms with Gasteiger partial charge in [0.2, 0.25) is 0 Å². The Kier molecular flexibility index (Phi) is 4.66. The number of rotatable bonds is 4. The molecule has 0 amide bonds. The van der Waals surface area contributed by atoms with E-state index in [1.807, 2.05) is 42.5 Å². The number of hydrogen-bond donors (Lipinski definition) is 1. The van der Waals surface area contributed by atoms with Crippen molar-refractivity contribution in [3.63, 3.8) is 0 Å². The first-order valence-electron chi connectivity index (χ1n) is 5.88. The van der Waals surface area contributed by atoms with Crippen LogP contribution in [0.15, 0.2) is 42.5 Å². The molecule has 2 N–H and O–H groups in total. The molecule has 0 aliphatic rings. The average molecular weight is 369 g/mol. The highest BCUT2D eigenvalue weighted by molar-refractivity contribution is 14.1. The van der Waals surface area contributed by atoms with E-state index in [1.165, 1.54) is 3.57 Å². The van der Waals surface area contributed by atoms with Crippen molar-refractivity contribution in [3.05, 3.63) is 57.2 Å². The molecule has 0 aromatic heterocycles. The van der Waals surface area contributed by atoms with Crippen molar-refractivity contribution in [1.29, 1.82) is 0 Å². The molecule has 0 spiro atoms. The molecule has 2 rings (SSSR count). The molecule has 2 aromatic rings. The van der Waals surface area contributed by atoms with Crippen LogP contribution in [0.2, 0.25) is 0 Å². The first-order chi connectivity index (χ1) is 9.13. The zero-order chi connectivity index (χ0) is 13.8. The van der Waals surface area contributed by atoms with Crippen LogP contribution in [0.3, 0.4) is 0 Å². The largest absolute Gasteiger partial charge is 0.497 e. The maximum absolute atomic E-state index is 6.30. The van der Waals surface area contributed by atoms with E-state index >= 15 is 0 Å². The predicted molar refractivity (Wildman–Crippen MR) is 84.7 cm³/mol. The van der Waals surface area contributed by atoms with Gasteiger partial charge in [-0.05, 0) is 58.0 Å². The molecule has 0 bridgehead atoms. The zero-order valence-electron chi connectivity index (χ0n) is 10.9. The van der Waals surface area contributed by atoms with Gasteiger partial charge in [0.05, 0.1) is 20.3 Å². The summed E-state index contributed by atoms with van der Waals surface area (Å²) in [6.45, 7) is 0. The maximum Gasteiger partial charge on any atom is 0.122 e. The molecule has 0 saturated carbocycles. The zero-order valence-corrected chi connectivity index (χ0v) is 13.0. The first-order valence-corrected chi connectivity index (χ1v) is 6.96. The summed E-state index contributed by atoms with van der Waals surface area (Å²) in [7, 11) is 3.27. The minimum absolute atomic E-state index is 0.194. The Morgan fingerprint density at radius 1 is 0.895 bits per heavy atom. The van der Waals surface area contributed by atoms with E-state index in [0.29, 0.717) is 0 Å². The quantitative estimate of drug-likeness (QED) is 0.841. The van der Waals surface area contributed by atoms with Gasteiger partial charge in [-0.25, -0.2) is 0 Å². The predicted octanol–water partition coefficient (Wildman–Crippen LogP) is 3.36. The van der Waals surface area contributed by atoms with Crippen LogP contribution in [0.1, 0.15) is 17.2 Å². The van der Waals surface area contributed by atoms with Crippen molar-refractivity contribution in [2.75, 3.05) is 14.2 Å². The fourth-order valence-electron chi connectivity index (χ4n) is 1.87. The average Bonchev–Trinajstić information content (AvgIpc) is 2.46. The Morgan fingerprint density at radius 2 is 1.42 bits per heavy atom. The van der Waals surface area contributed by atoms with E-state index in [4.69, 9.17) is 15.2 Å². The molecule has 100 valence electrons. The lowest BCUT2D eigenvalue weighted by atomic mass is 9.99. The van der Waals surface area contributed by atoms with Gasteiger partial charge >= 0.3 is 0 Å². The minimum atomic E-state index is -0.194. The molecule has 0 fully saturated rings. The van der Waals surface area contributed by atoms with Gasteiger partial charge in [-0.1, -0.05) is 12.1 Å². The summed E-state index contributed by atoms with van der Waals surface area (Å²) in [5, 5.41) is 0. The highest BCUT2D eigenvalue weighted by atomic mass is 127. The SMILES string of the molecule is COc1cc(OC)cc(C(N)c2ccc(I)cc2)c1. The second-order valence-electron chi connectivity index (χ2n) is 4.18. The molecule has 0 radical (unpaired) electrons. The van der Waals surface area contributed by atoms with Crippen LogP contribution in [-0.4, -0.2) is 14.2 Å². The molecule has 19 heavy (non-hydrogen) atoms. The summed E-state index contributed by atoms with van der Waals surface area (Å²) >= 11 is 2.28. The van der Waals surface area contributed by atoms with Gasteiger partial charge in [-0.15, -0.1) is 0 Å². The van der Waals surface area contributed by atoms with E-state index in [9.17, 15) is 0 Å². The van der Waals surface area contributed by atoms with Crippen LogP contribution in [0, 0.1) is 3.57 Å². The lowest BCUT2D eigenvalue weighted by Gasteiger charge is -2.15. The molecular formula is C15H16INO2. The summed E-state index contributed by atoms with van der Waals surface area (Å²) in [4.78, 5) is 0. The number of methoxy groups -OCH3 is 2. The number of hydrogen-bond acceptors (Lipinski definition) is 3. The van der Waals surface area contributed by atoms with Crippen molar-refractivity contribution >= 4 is 22.6 Å². The lowest BCUT2D eigenvalue weighted by molar-refractivity contribution is 0.393. The minimum Gasteiger partial charge on any atom is -0.497 e. The molecule has 0 aliphatic carbocycles. The van der Waals surface area contributed by atoms with Crippen molar-refractivity contribution in [3.8, 4) is 11.5 Å². The van der Waals surface area contributed by atoms with Crippen LogP contribution in [0.25, 0.3) is 0 Å². The maximum atomic E-state index is 6.30. The lowest BCUT2D eigenvalue weighted by Crippen LogP contribution is -2.12. The normalized spacial score (nSPS) is 12.0. The third-order valence-corrected chi connectivity index (χ3v) is 3.68.